The number of rotatable bonds is 6. The van der Waals surface area contributed by atoms with Crippen molar-refractivity contribution in [3.63, 3.8) is 0 Å². The molecule has 2 aliphatic rings. The van der Waals surface area contributed by atoms with Crippen molar-refractivity contribution in [2.45, 2.75) is 102 Å². The summed E-state index contributed by atoms with van der Waals surface area (Å²) >= 11 is 0. The fourth-order valence-corrected chi connectivity index (χ4v) is 5.93. The van der Waals surface area contributed by atoms with Gasteiger partial charge in [0.1, 0.15) is 11.4 Å². The minimum absolute atomic E-state index is 0.0677. The molecule has 2 aromatic carbocycles. The van der Waals surface area contributed by atoms with E-state index in [1.165, 1.54) is 19.1 Å². The van der Waals surface area contributed by atoms with Gasteiger partial charge >= 0.3 is 18.4 Å². The summed E-state index contributed by atoms with van der Waals surface area (Å²) in [6.07, 6.45) is -9.29. The Bertz CT molecular complexity index is 1230. The van der Waals surface area contributed by atoms with Gasteiger partial charge in [-0.15, -0.1) is 0 Å². The van der Waals surface area contributed by atoms with Gasteiger partial charge in [-0.3, -0.25) is 4.90 Å². The van der Waals surface area contributed by atoms with Crippen LogP contribution < -0.4 is 5.32 Å². The molecule has 238 valence electrons. The molecular formula is C31H37F7N2O3. The summed E-state index contributed by atoms with van der Waals surface area (Å²) in [5.41, 5.74) is -2.88. The predicted molar refractivity (Wildman–Crippen MR) is 146 cm³/mol. The number of nitrogens with one attached hydrogen (secondary N) is 1. The van der Waals surface area contributed by atoms with Crippen LogP contribution >= 0.6 is 0 Å². The van der Waals surface area contributed by atoms with Crippen molar-refractivity contribution in [2.24, 2.45) is 0 Å². The maximum absolute atomic E-state index is 13.8. The van der Waals surface area contributed by atoms with Crippen molar-refractivity contribution < 1.29 is 45.0 Å². The second-order valence-electron chi connectivity index (χ2n) is 12.4. The molecule has 4 rings (SSSR count). The maximum Gasteiger partial charge on any atom is 0.416 e. The summed E-state index contributed by atoms with van der Waals surface area (Å²) in [6.45, 7) is 7.87. The van der Waals surface area contributed by atoms with Gasteiger partial charge in [0, 0.05) is 31.1 Å². The van der Waals surface area contributed by atoms with Gasteiger partial charge in [-0.1, -0.05) is 12.1 Å². The number of ether oxygens (including phenoxy) is 2. The smallest absolute Gasteiger partial charge is 0.416 e. The molecule has 0 radical (unpaired) electrons. The van der Waals surface area contributed by atoms with E-state index < -0.39 is 53.2 Å². The minimum atomic E-state index is -4.96. The second kappa shape index (κ2) is 12.6. The van der Waals surface area contributed by atoms with Crippen LogP contribution in [0.25, 0.3) is 0 Å². The van der Waals surface area contributed by atoms with Crippen LogP contribution in [0.3, 0.4) is 0 Å². The molecule has 2 aromatic rings. The quantitative estimate of drug-likeness (QED) is 0.332. The van der Waals surface area contributed by atoms with E-state index >= 15 is 0 Å². The van der Waals surface area contributed by atoms with E-state index in [0.29, 0.717) is 38.1 Å². The van der Waals surface area contributed by atoms with Gasteiger partial charge in [-0.25, -0.2) is 9.18 Å². The highest BCUT2D eigenvalue weighted by Gasteiger charge is 2.40. The standard InChI is InChI=1S/C31H37F7N2O3/c1-18(20-13-21(30(33,34)35)15-22(14-20)31(36,37)38)42-27-11-12-40(17-26(27)19-5-7-23(32)8-6-19)25-10-9-24(16-25)39-28(41)43-29(2,3)4/h5-8,13-15,18,24-27H,9-12,16-17H2,1-4H3,(H,39,41)/t18-,24-,25?,26-,27+/m1/s1. The third-order valence-electron chi connectivity index (χ3n) is 7.98. The number of benzene rings is 2. The van der Waals surface area contributed by atoms with E-state index in [0.717, 1.165) is 18.4 Å². The molecule has 1 aliphatic heterocycles. The van der Waals surface area contributed by atoms with E-state index in [9.17, 15) is 35.5 Å². The molecule has 12 heteroatoms. The Morgan fingerprint density at radius 1 is 0.930 bits per heavy atom. The Morgan fingerprint density at radius 2 is 1.53 bits per heavy atom. The third kappa shape index (κ3) is 8.84. The monoisotopic (exact) mass is 618 g/mol. The molecule has 2 fully saturated rings. The summed E-state index contributed by atoms with van der Waals surface area (Å²) in [5, 5.41) is 2.92. The van der Waals surface area contributed by atoms with E-state index in [4.69, 9.17) is 9.47 Å². The zero-order valence-corrected chi connectivity index (χ0v) is 24.5. The van der Waals surface area contributed by atoms with Gasteiger partial charge in [0.05, 0.1) is 23.3 Å². The molecular weight excluding hydrogens is 581 g/mol. The first-order valence-electron chi connectivity index (χ1n) is 14.3. The van der Waals surface area contributed by atoms with Crippen molar-refractivity contribution in [3.05, 3.63) is 70.5 Å². The van der Waals surface area contributed by atoms with Crippen molar-refractivity contribution >= 4 is 6.09 Å². The van der Waals surface area contributed by atoms with Crippen LogP contribution in [0.15, 0.2) is 42.5 Å². The summed E-state index contributed by atoms with van der Waals surface area (Å²) in [6, 6.07) is 7.43. The first-order valence-corrected chi connectivity index (χ1v) is 14.3. The van der Waals surface area contributed by atoms with Crippen LogP contribution in [0.5, 0.6) is 0 Å². The Hall–Kier alpha value is -2.86. The molecule has 1 amide bonds. The van der Waals surface area contributed by atoms with Crippen LogP contribution in [-0.4, -0.2) is 47.9 Å². The zero-order valence-electron chi connectivity index (χ0n) is 24.5. The van der Waals surface area contributed by atoms with E-state index in [1.807, 2.05) is 0 Å². The van der Waals surface area contributed by atoms with Gasteiger partial charge in [0.15, 0.2) is 0 Å². The predicted octanol–water partition coefficient (Wildman–Crippen LogP) is 8.24. The van der Waals surface area contributed by atoms with Gasteiger partial charge in [-0.2, -0.15) is 26.3 Å². The molecule has 1 unspecified atom stereocenters. The second-order valence-corrected chi connectivity index (χ2v) is 12.4. The first-order chi connectivity index (χ1) is 19.9. The van der Waals surface area contributed by atoms with Gasteiger partial charge in [0.25, 0.3) is 0 Å². The van der Waals surface area contributed by atoms with E-state index in [2.05, 4.69) is 10.2 Å². The fourth-order valence-electron chi connectivity index (χ4n) is 5.93. The van der Waals surface area contributed by atoms with Crippen LogP contribution in [0.2, 0.25) is 0 Å². The first kappa shape index (κ1) is 33.0. The summed E-state index contributed by atoms with van der Waals surface area (Å²) in [5.74, 6) is -0.750. The highest BCUT2D eigenvalue weighted by Crippen LogP contribution is 2.40. The number of likely N-dealkylation sites (tertiary alicyclic amines) is 1. The largest absolute Gasteiger partial charge is 0.444 e. The van der Waals surface area contributed by atoms with Crippen LogP contribution in [0.1, 0.15) is 87.7 Å². The number of amides is 1. The van der Waals surface area contributed by atoms with Crippen LogP contribution in [0, 0.1) is 5.82 Å². The number of alkyl carbamates (subject to hydrolysis) is 1. The Kier molecular flexibility index (Phi) is 9.71. The molecule has 1 saturated heterocycles. The van der Waals surface area contributed by atoms with Crippen molar-refractivity contribution in [3.8, 4) is 0 Å². The summed E-state index contributed by atoms with van der Waals surface area (Å²) < 4.78 is 106. The zero-order chi connectivity index (χ0) is 31.7. The molecule has 43 heavy (non-hydrogen) atoms. The molecule has 1 saturated carbocycles. The fraction of sp³-hybridized carbons (Fsp3) is 0.581. The van der Waals surface area contributed by atoms with Crippen LogP contribution in [-0.2, 0) is 21.8 Å². The lowest BCUT2D eigenvalue weighted by Gasteiger charge is -2.42. The number of alkyl halides is 6. The maximum atomic E-state index is 13.8. The molecule has 1 heterocycles. The van der Waals surface area contributed by atoms with Gasteiger partial charge in [-0.05, 0) is 94.8 Å². The summed E-state index contributed by atoms with van der Waals surface area (Å²) in [4.78, 5) is 14.5. The van der Waals surface area contributed by atoms with Crippen molar-refractivity contribution in [1.29, 1.82) is 0 Å². The molecule has 5 atom stereocenters. The average Bonchev–Trinajstić information content (AvgIpc) is 3.35. The number of piperidine rings is 1. The number of halogens is 7. The normalized spacial score (nSPS) is 24.5. The molecule has 0 aromatic heterocycles. The summed E-state index contributed by atoms with van der Waals surface area (Å²) in [7, 11) is 0. The minimum Gasteiger partial charge on any atom is -0.444 e. The van der Waals surface area contributed by atoms with Crippen LogP contribution in [0.4, 0.5) is 35.5 Å². The highest BCUT2D eigenvalue weighted by atomic mass is 19.4. The number of hydrogen-bond donors (Lipinski definition) is 1. The lowest BCUT2D eigenvalue weighted by molar-refractivity contribution is -0.143. The van der Waals surface area contributed by atoms with Gasteiger partial charge in [0.2, 0.25) is 0 Å². The molecule has 0 spiro atoms. The van der Waals surface area contributed by atoms with Crippen molar-refractivity contribution in [2.75, 3.05) is 13.1 Å². The number of carbonyl (C=O) groups is 1. The topological polar surface area (TPSA) is 50.8 Å². The van der Waals surface area contributed by atoms with Crippen molar-refractivity contribution in [1.82, 2.24) is 10.2 Å². The lowest BCUT2D eigenvalue weighted by atomic mass is 9.86. The SMILES string of the molecule is C[C@@H](O[C@H]1CCN(C2CC[C@@H](NC(=O)OC(C)(C)C)C2)C[C@@H]1c1ccc(F)cc1)c1cc(C(F)(F)F)cc(C(F)(F)F)c1. The Morgan fingerprint density at radius 3 is 2.09 bits per heavy atom. The molecule has 1 aliphatic carbocycles. The van der Waals surface area contributed by atoms with E-state index in [1.54, 1.807) is 32.9 Å². The lowest BCUT2D eigenvalue weighted by Crippen LogP contribution is -2.47. The number of hydrogen-bond acceptors (Lipinski definition) is 4. The van der Waals surface area contributed by atoms with Gasteiger partial charge < -0.3 is 14.8 Å². The molecule has 1 N–H and O–H groups in total. The molecule has 5 nitrogen and oxygen atoms in total. The molecule has 0 bridgehead atoms. The average molecular weight is 619 g/mol. The number of nitrogens with zero attached hydrogens (tertiary/aromatic N) is 1. The van der Waals surface area contributed by atoms with E-state index in [-0.39, 0.29) is 29.6 Å². The Labute approximate surface area is 246 Å². The highest BCUT2D eigenvalue weighted by molar-refractivity contribution is 5.68. The Balaban J connectivity index is 1.51. The third-order valence-corrected chi connectivity index (χ3v) is 7.98. The number of carbonyl (C=O) groups excluding carboxylic acids is 1.